The maximum absolute atomic E-state index is 5.42. The Balaban J connectivity index is 1.66. The lowest BCUT2D eigenvalue weighted by Gasteiger charge is -2.23. The molecule has 3 unspecified atom stereocenters. The largest absolute Gasteiger partial charge is 0.478 e. The fourth-order valence-electron chi connectivity index (χ4n) is 3.33. The van der Waals surface area contributed by atoms with Crippen LogP contribution in [0.3, 0.4) is 0 Å². The van der Waals surface area contributed by atoms with Gasteiger partial charge in [-0.15, -0.1) is 0 Å². The molecule has 2 aliphatic carbocycles. The minimum atomic E-state index is 0.637. The van der Waals surface area contributed by atoms with Crippen molar-refractivity contribution in [3.63, 3.8) is 0 Å². The third kappa shape index (κ3) is 2.24. The van der Waals surface area contributed by atoms with Crippen LogP contribution in [0.1, 0.15) is 32.6 Å². The van der Waals surface area contributed by atoms with Gasteiger partial charge >= 0.3 is 0 Å². The summed E-state index contributed by atoms with van der Waals surface area (Å²) in [7, 11) is 0. The summed E-state index contributed by atoms with van der Waals surface area (Å²) in [5.74, 6) is 3.53. The van der Waals surface area contributed by atoms with E-state index in [4.69, 9.17) is 4.74 Å². The van der Waals surface area contributed by atoms with E-state index in [1.807, 2.05) is 25.1 Å². The molecule has 0 amide bonds. The Kier molecular flexibility index (Phi) is 2.91. The van der Waals surface area contributed by atoms with Gasteiger partial charge in [0.1, 0.15) is 5.82 Å². The van der Waals surface area contributed by atoms with Crippen molar-refractivity contribution in [3.05, 3.63) is 18.2 Å². The molecule has 2 bridgehead atoms. The van der Waals surface area contributed by atoms with Crippen LogP contribution in [-0.4, -0.2) is 17.6 Å². The summed E-state index contributed by atoms with van der Waals surface area (Å²) in [6.07, 6.45) is 5.58. The molecule has 2 fully saturated rings. The predicted octanol–water partition coefficient (Wildman–Crippen LogP) is 3.08. The van der Waals surface area contributed by atoms with Crippen molar-refractivity contribution in [1.29, 1.82) is 0 Å². The number of ether oxygens (including phenoxy) is 1. The summed E-state index contributed by atoms with van der Waals surface area (Å²) in [6, 6.07) is 6.59. The molecule has 0 saturated heterocycles. The minimum absolute atomic E-state index is 0.637. The van der Waals surface area contributed by atoms with E-state index in [-0.39, 0.29) is 0 Å². The molecule has 17 heavy (non-hydrogen) atoms. The van der Waals surface area contributed by atoms with Gasteiger partial charge in [-0.2, -0.15) is 4.98 Å². The maximum atomic E-state index is 5.42. The Bertz CT molecular complexity index is 394. The van der Waals surface area contributed by atoms with Crippen LogP contribution in [0.4, 0.5) is 5.82 Å². The summed E-state index contributed by atoms with van der Waals surface area (Å²) < 4.78 is 5.42. The van der Waals surface area contributed by atoms with Gasteiger partial charge in [0, 0.05) is 12.1 Å². The van der Waals surface area contributed by atoms with Crippen LogP contribution in [0.2, 0.25) is 0 Å². The normalized spacial score (nSPS) is 30.5. The van der Waals surface area contributed by atoms with Crippen LogP contribution < -0.4 is 10.1 Å². The molecule has 1 aromatic rings. The average Bonchev–Trinajstić information content (AvgIpc) is 2.92. The standard InChI is InChI=1S/C14H20N2O/c1-2-17-14-5-3-4-13(16-14)15-12-9-10-6-7-11(12)8-10/h3-5,10-12H,2,6-9H2,1H3,(H,15,16). The number of hydrogen-bond acceptors (Lipinski definition) is 3. The lowest BCUT2D eigenvalue weighted by molar-refractivity contribution is 0.327. The van der Waals surface area contributed by atoms with Gasteiger partial charge in [0.2, 0.25) is 5.88 Å². The number of hydrogen-bond donors (Lipinski definition) is 1. The summed E-state index contributed by atoms with van der Waals surface area (Å²) in [5, 5.41) is 3.58. The molecule has 3 nitrogen and oxygen atoms in total. The van der Waals surface area contributed by atoms with Gasteiger partial charge < -0.3 is 10.1 Å². The van der Waals surface area contributed by atoms with Crippen molar-refractivity contribution < 1.29 is 4.74 Å². The van der Waals surface area contributed by atoms with E-state index in [0.717, 1.165) is 23.5 Å². The molecule has 2 saturated carbocycles. The van der Waals surface area contributed by atoms with Crippen molar-refractivity contribution >= 4 is 5.82 Å². The second kappa shape index (κ2) is 4.55. The van der Waals surface area contributed by atoms with Gasteiger partial charge in [0.25, 0.3) is 0 Å². The zero-order valence-electron chi connectivity index (χ0n) is 10.4. The maximum Gasteiger partial charge on any atom is 0.215 e. The third-order valence-electron chi connectivity index (χ3n) is 4.09. The number of rotatable bonds is 4. The Hall–Kier alpha value is -1.25. The molecule has 1 heterocycles. The fourth-order valence-corrected chi connectivity index (χ4v) is 3.33. The first-order valence-corrected chi connectivity index (χ1v) is 6.71. The number of fused-ring (bicyclic) bond motifs is 2. The Morgan fingerprint density at radius 3 is 3.00 bits per heavy atom. The number of pyridine rings is 1. The molecule has 2 aliphatic rings. The second-order valence-electron chi connectivity index (χ2n) is 5.22. The Morgan fingerprint density at radius 2 is 2.29 bits per heavy atom. The van der Waals surface area contributed by atoms with Gasteiger partial charge in [-0.25, -0.2) is 0 Å². The van der Waals surface area contributed by atoms with Crippen LogP contribution in [0.15, 0.2) is 18.2 Å². The molecular weight excluding hydrogens is 212 g/mol. The second-order valence-corrected chi connectivity index (χ2v) is 5.22. The fraction of sp³-hybridized carbons (Fsp3) is 0.643. The first-order valence-electron chi connectivity index (χ1n) is 6.71. The van der Waals surface area contributed by atoms with Crippen molar-refractivity contribution in [1.82, 2.24) is 4.98 Å². The Morgan fingerprint density at radius 1 is 1.35 bits per heavy atom. The lowest BCUT2D eigenvalue weighted by Crippen LogP contribution is -2.26. The van der Waals surface area contributed by atoms with E-state index in [9.17, 15) is 0 Å². The summed E-state index contributed by atoms with van der Waals surface area (Å²) in [5.41, 5.74) is 0. The van der Waals surface area contributed by atoms with Crippen LogP contribution in [0.25, 0.3) is 0 Å². The Labute approximate surface area is 103 Å². The van der Waals surface area contributed by atoms with Gasteiger partial charge in [-0.05, 0) is 44.1 Å². The molecule has 0 radical (unpaired) electrons. The molecule has 3 atom stereocenters. The average molecular weight is 232 g/mol. The van der Waals surface area contributed by atoms with E-state index >= 15 is 0 Å². The first-order chi connectivity index (χ1) is 8.35. The van der Waals surface area contributed by atoms with Crippen molar-refractivity contribution in [2.24, 2.45) is 11.8 Å². The molecule has 0 aliphatic heterocycles. The van der Waals surface area contributed by atoms with E-state index < -0.39 is 0 Å². The number of nitrogens with one attached hydrogen (secondary N) is 1. The monoisotopic (exact) mass is 232 g/mol. The highest BCUT2D eigenvalue weighted by Gasteiger charge is 2.39. The highest BCUT2D eigenvalue weighted by atomic mass is 16.5. The summed E-state index contributed by atoms with van der Waals surface area (Å²) in [6.45, 7) is 2.66. The molecule has 3 heteroatoms. The number of anilines is 1. The van der Waals surface area contributed by atoms with E-state index in [2.05, 4.69) is 10.3 Å². The van der Waals surface area contributed by atoms with Crippen LogP contribution in [-0.2, 0) is 0 Å². The van der Waals surface area contributed by atoms with Crippen LogP contribution in [0.5, 0.6) is 5.88 Å². The predicted molar refractivity (Wildman–Crippen MR) is 68.3 cm³/mol. The van der Waals surface area contributed by atoms with Crippen molar-refractivity contribution in [2.45, 2.75) is 38.6 Å². The molecule has 1 N–H and O–H groups in total. The third-order valence-corrected chi connectivity index (χ3v) is 4.09. The highest BCUT2D eigenvalue weighted by Crippen LogP contribution is 2.45. The van der Waals surface area contributed by atoms with Gasteiger partial charge in [0.15, 0.2) is 0 Å². The van der Waals surface area contributed by atoms with Gasteiger partial charge in [-0.3, -0.25) is 0 Å². The van der Waals surface area contributed by atoms with Gasteiger partial charge in [-0.1, -0.05) is 12.5 Å². The molecule has 1 aromatic heterocycles. The molecular formula is C14H20N2O. The molecule has 0 spiro atoms. The van der Waals surface area contributed by atoms with Crippen molar-refractivity contribution in [2.75, 3.05) is 11.9 Å². The van der Waals surface area contributed by atoms with E-state index in [1.165, 1.54) is 25.7 Å². The highest BCUT2D eigenvalue weighted by molar-refractivity contribution is 5.38. The SMILES string of the molecule is CCOc1cccc(NC2CC3CCC2C3)n1. The lowest BCUT2D eigenvalue weighted by atomic mass is 9.95. The quantitative estimate of drug-likeness (QED) is 0.866. The zero-order valence-corrected chi connectivity index (χ0v) is 10.4. The van der Waals surface area contributed by atoms with E-state index in [1.54, 1.807) is 0 Å². The summed E-state index contributed by atoms with van der Waals surface area (Å²) >= 11 is 0. The number of aromatic nitrogens is 1. The molecule has 0 aromatic carbocycles. The minimum Gasteiger partial charge on any atom is -0.478 e. The zero-order chi connectivity index (χ0) is 11.7. The van der Waals surface area contributed by atoms with Crippen LogP contribution in [0, 0.1) is 11.8 Å². The van der Waals surface area contributed by atoms with Crippen molar-refractivity contribution in [3.8, 4) is 5.88 Å². The topological polar surface area (TPSA) is 34.1 Å². The first kappa shape index (κ1) is 10.9. The summed E-state index contributed by atoms with van der Waals surface area (Å²) in [4.78, 5) is 4.48. The molecule has 3 rings (SSSR count). The molecule has 92 valence electrons. The number of nitrogens with zero attached hydrogens (tertiary/aromatic N) is 1. The smallest absolute Gasteiger partial charge is 0.215 e. The van der Waals surface area contributed by atoms with Crippen LogP contribution >= 0.6 is 0 Å². The van der Waals surface area contributed by atoms with Gasteiger partial charge in [0.05, 0.1) is 6.61 Å². The van der Waals surface area contributed by atoms with E-state index in [0.29, 0.717) is 12.6 Å².